The van der Waals surface area contributed by atoms with Gasteiger partial charge < -0.3 is 0 Å². The molecule has 3 rings (SSSR count). The fourth-order valence-electron chi connectivity index (χ4n) is 2.73. The molecule has 5 heteroatoms. The summed E-state index contributed by atoms with van der Waals surface area (Å²) in [5.74, 6) is 1.14. The maximum atomic E-state index is 4.86. The number of aryl methyl sites for hydroxylation is 2. The topological polar surface area (TPSA) is 37.3 Å². The van der Waals surface area contributed by atoms with Crippen LogP contribution in [0.3, 0.4) is 0 Å². The Bertz CT molecular complexity index is 980. The number of nitrogens with one attached hydrogen (secondary N) is 1. The van der Waals surface area contributed by atoms with E-state index in [4.69, 9.17) is 12.2 Å². The normalized spacial score (nSPS) is 11.0. The van der Waals surface area contributed by atoms with E-state index in [0.29, 0.717) is 4.99 Å². The summed E-state index contributed by atoms with van der Waals surface area (Å²) in [6, 6.07) is 15.1. The monoisotopic (exact) mass is 409 g/mol. The van der Waals surface area contributed by atoms with Crippen molar-refractivity contribution in [2.75, 3.05) is 5.75 Å². The predicted molar refractivity (Wildman–Crippen MR) is 128 cm³/mol. The van der Waals surface area contributed by atoms with Crippen LogP contribution in [0.1, 0.15) is 37.5 Å². The van der Waals surface area contributed by atoms with Gasteiger partial charge in [0.2, 0.25) is 0 Å². The third kappa shape index (κ3) is 6.43. The van der Waals surface area contributed by atoms with Crippen LogP contribution in [0.4, 0.5) is 0 Å². The van der Waals surface area contributed by atoms with Crippen molar-refractivity contribution in [1.82, 2.24) is 10.4 Å². The van der Waals surface area contributed by atoms with Crippen LogP contribution in [-0.2, 0) is 0 Å². The van der Waals surface area contributed by atoms with Gasteiger partial charge in [0.1, 0.15) is 0 Å². The first kappa shape index (κ1) is 22.1. The summed E-state index contributed by atoms with van der Waals surface area (Å²) in [6.07, 6.45) is 3.57. The number of aromatic nitrogens is 1. The lowest BCUT2D eigenvalue weighted by Crippen LogP contribution is -2.13. The summed E-state index contributed by atoms with van der Waals surface area (Å²) in [5, 5.41) is 6.86. The summed E-state index contributed by atoms with van der Waals surface area (Å²) in [4.78, 5) is 6.08. The second-order valence-corrected chi connectivity index (χ2v) is 8.40. The molecule has 0 radical (unpaired) electrons. The van der Waals surface area contributed by atoms with Crippen molar-refractivity contribution < 1.29 is 0 Å². The SMILES string of the molecule is CC(=S)N/N=C(\C)c1cnccc1C.CCSc1ccc2cccc(C)c2c1. The van der Waals surface area contributed by atoms with Gasteiger partial charge in [0.25, 0.3) is 0 Å². The van der Waals surface area contributed by atoms with Crippen molar-refractivity contribution in [3.63, 3.8) is 0 Å². The molecule has 1 heterocycles. The maximum Gasteiger partial charge on any atom is 0.0930 e. The molecule has 2 aromatic carbocycles. The molecule has 0 saturated heterocycles. The minimum atomic E-state index is 0.658. The zero-order valence-electron chi connectivity index (χ0n) is 17.1. The number of rotatable bonds is 4. The number of pyridine rings is 1. The Morgan fingerprint density at radius 1 is 1.11 bits per heavy atom. The summed E-state index contributed by atoms with van der Waals surface area (Å²) in [5.41, 5.74) is 7.21. The van der Waals surface area contributed by atoms with E-state index in [2.05, 4.69) is 65.8 Å². The third-order valence-electron chi connectivity index (χ3n) is 4.19. The molecule has 0 spiro atoms. The minimum absolute atomic E-state index is 0.658. The summed E-state index contributed by atoms with van der Waals surface area (Å²) < 4.78 is 0. The number of benzene rings is 2. The Morgan fingerprint density at radius 3 is 2.57 bits per heavy atom. The van der Waals surface area contributed by atoms with Gasteiger partial charge in [0.05, 0.1) is 10.7 Å². The van der Waals surface area contributed by atoms with Gasteiger partial charge in [0.15, 0.2) is 0 Å². The molecule has 0 unspecified atom stereocenters. The predicted octanol–water partition coefficient (Wildman–Crippen LogP) is 6.31. The standard InChI is InChI=1S/C13H14S.C10H13N3S/c1-3-14-12-8-7-11-6-4-5-10(2)13(11)9-12;1-7-4-5-11-6-10(7)8(2)12-13-9(3)14/h4-9H,3H2,1-2H3;4-6H,1-3H3,(H,13,14)/b;12-8+. The van der Waals surface area contributed by atoms with Crippen LogP contribution in [0.25, 0.3) is 10.8 Å². The second-order valence-electron chi connectivity index (χ2n) is 6.45. The van der Waals surface area contributed by atoms with Crippen molar-refractivity contribution in [2.45, 2.75) is 39.5 Å². The van der Waals surface area contributed by atoms with Gasteiger partial charge in [-0.15, -0.1) is 11.8 Å². The van der Waals surface area contributed by atoms with Crippen LogP contribution in [0.5, 0.6) is 0 Å². The highest BCUT2D eigenvalue weighted by atomic mass is 32.2. The molecule has 1 aromatic heterocycles. The van der Waals surface area contributed by atoms with Gasteiger partial charge in [-0.1, -0.05) is 43.4 Å². The van der Waals surface area contributed by atoms with E-state index in [1.807, 2.05) is 31.7 Å². The number of nitrogens with zero attached hydrogens (tertiary/aromatic N) is 2. The van der Waals surface area contributed by atoms with Crippen LogP contribution in [0, 0.1) is 13.8 Å². The lowest BCUT2D eigenvalue weighted by atomic mass is 10.1. The molecule has 0 atom stereocenters. The van der Waals surface area contributed by atoms with E-state index in [-0.39, 0.29) is 0 Å². The smallest absolute Gasteiger partial charge is 0.0930 e. The molecule has 0 aliphatic heterocycles. The minimum Gasteiger partial charge on any atom is -0.272 e. The fourth-order valence-corrected chi connectivity index (χ4v) is 3.47. The first-order valence-electron chi connectivity index (χ1n) is 9.26. The largest absolute Gasteiger partial charge is 0.272 e. The number of fused-ring (bicyclic) bond motifs is 1. The highest BCUT2D eigenvalue weighted by Crippen LogP contribution is 2.25. The molecule has 0 amide bonds. The number of hydrazone groups is 1. The maximum absolute atomic E-state index is 4.86. The molecular formula is C23H27N3S2. The molecule has 0 aliphatic rings. The molecule has 0 fully saturated rings. The van der Waals surface area contributed by atoms with Gasteiger partial charge in [-0.05, 0) is 73.5 Å². The van der Waals surface area contributed by atoms with Crippen LogP contribution >= 0.6 is 24.0 Å². The summed E-state index contributed by atoms with van der Waals surface area (Å²) >= 11 is 6.76. The third-order valence-corrected chi connectivity index (χ3v) is 5.16. The molecular weight excluding hydrogens is 382 g/mol. The van der Waals surface area contributed by atoms with Crippen LogP contribution in [0.15, 0.2) is 64.9 Å². The van der Waals surface area contributed by atoms with Gasteiger partial charge in [0, 0.05) is 22.9 Å². The number of thioether (sulfide) groups is 1. The zero-order valence-corrected chi connectivity index (χ0v) is 18.7. The van der Waals surface area contributed by atoms with Gasteiger partial charge in [-0.3, -0.25) is 10.4 Å². The number of hydrogen-bond donors (Lipinski definition) is 1. The van der Waals surface area contributed by atoms with E-state index in [1.54, 1.807) is 19.3 Å². The van der Waals surface area contributed by atoms with E-state index in [0.717, 1.165) is 22.6 Å². The van der Waals surface area contributed by atoms with Crippen molar-refractivity contribution in [3.05, 3.63) is 71.5 Å². The molecule has 1 N–H and O–H groups in total. The van der Waals surface area contributed by atoms with Crippen molar-refractivity contribution in [3.8, 4) is 0 Å². The Morgan fingerprint density at radius 2 is 1.89 bits per heavy atom. The summed E-state index contributed by atoms with van der Waals surface area (Å²) in [7, 11) is 0. The lowest BCUT2D eigenvalue weighted by molar-refractivity contribution is 1.03. The van der Waals surface area contributed by atoms with Gasteiger partial charge in [-0.2, -0.15) is 5.10 Å². The van der Waals surface area contributed by atoms with E-state index in [9.17, 15) is 0 Å². The number of hydrogen-bond acceptors (Lipinski definition) is 4. The molecule has 0 saturated carbocycles. The Balaban J connectivity index is 0.000000200. The van der Waals surface area contributed by atoms with Gasteiger partial charge in [-0.25, -0.2) is 0 Å². The molecule has 0 bridgehead atoms. The molecule has 146 valence electrons. The Hall–Kier alpha value is -2.24. The van der Waals surface area contributed by atoms with E-state index in [1.165, 1.54) is 21.2 Å². The average Bonchev–Trinajstić information content (AvgIpc) is 2.68. The highest BCUT2D eigenvalue weighted by molar-refractivity contribution is 7.99. The average molecular weight is 410 g/mol. The van der Waals surface area contributed by atoms with Crippen LogP contribution in [0.2, 0.25) is 0 Å². The quantitative estimate of drug-likeness (QED) is 0.237. The number of thiocarbonyl (C=S) groups is 1. The van der Waals surface area contributed by atoms with Crippen molar-refractivity contribution in [2.24, 2.45) is 5.10 Å². The lowest BCUT2D eigenvalue weighted by Gasteiger charge is -2.04. The van der Waals surface area contributed by atoms with Crippen molar-refractivity contribution >= 4 is 45.5 Å². The second kappa shape index (κ2) is 10.9. The Labute approximate surface area is 177 Å². The zero-order chi connectivity index (χ0) is 20.5. The van der Waals surface area contributed by atoms with Gasteiger partial charge >= 0.3 is 0 Å². The Kier molecular flexibility index (Phi) is 8.61. The summed E-state index contributed by atoms with van der Waals surface area (Å²) in [6.45, 7) is 10.1. The molecule has 3 nitrogen and oxygen atoms in total. The molecule has 0 aliphatic carbocycles. The highest BCUT2D eigenvalue weighted by Gasteiger charge is 2.01. The van der Waals surface area contributed by atoms with Crippen molar-refractivity contribution in [1.29, 1.82) is 0 Å². The van der Waals surface area contributed by atoms with Crippen LogP contribution in [-0.4, -0.2) is 21.4 Å². The fraction of sp³-hybridized carbons (Fsp3) is 0.261. The molecule has 3 aromatic rings. The molecule has 28 heavy (non-hydrogen) atoms. The van der Waals surface area contributed by atoms with Crippen LogP contribution < -0.4 is 5.43 Å². The van der Waals surface area contributed by atoms with E-state index < -0.39 is 0 Å². The van der Waals surface area contributed by atoms with E-state index >= 15 is 0 Å². The first-order valence-corrected chi connectivity index (χ1v) is 10.7. The first-order chi connectivity index (χ1) is 13.4.